The van der Waals surface area contributed by atoms with Crippen molar-refractivity contribution in [2.75, 3.05) is 0 Å². The number of nitrogens with zero attached hydrogens (tertiary/aromatic N) is 3. The SMILES string of the molecule is CC(C)n1c(CN)nnc1SCc1csc2ccccc12. The van der Waals surface area contributed by atoms with Gasteiger partial charge in [-0.3, -0.25) is 0 Å². The molecule has 0 unspecified atom stereocenters. The second-order valence-corrected chi connectivity index (χ2v) is 6.97. The summed E-state index contributed by atoms with van der Waals surface area (Å²) in [6, 6.07) is 8.84. The zero-order chi connectivity index (χ0) is 14.8. The Labute approximate surface area is 132 Å². The van der Waals surface area contributed by atoms with E-state index in [1.165, 1.54) is 15.6 Å². The van der Waals surface area contributed by atoms with Crippen LogP contribution in [-0.2, 0) is 12.3 Å². The lowest BCUT2D eigenvalue weighted by Gasteiger charge is -2.12. The highest BCUT2D eigenvalue weighted by Gasteiger charge is 2.14. The van der Waals surface area contributed by atoms with Gasteiger partial charge in [-0.25, -0.2) is 0 Å². The zero-order valence-electron chi connectivity index (χ0n) is 12.1. The van der Waals surface area contributed by atoms with Crippen molar-refractivity contribution in [2.45, 2.75) is 37.3 Å². The first-order valence-corrected chi connectivity index (χ1v) is 8.79. The summed E-state index contributed by atoms with van der Waals surface area (Å²) in [4.78, 5) is 0. The number of thiophene rings is 1. The minimum atomic E-state index is 0.320. The van der Waals surface area contributed by atoms with Crippen molar-refractivity contribution in [1.82, 2.24) is 14.8 Å². The topological polar surface area (TPSA) is 56.7 Å². The van der Waals surface area contributed by atoms with Gasteiger partial charge in [0.25, 0.3) is 0 Å². The molecule has 2 N–H and O–H groups in total. The highest BCUT2D eigenvalue weighted by molar-refractivity contribution is 7.98. The van der Waals surface area contributed by atoms with E-state index in [0.717, 1.165) is 16.7 Å². The van der Waals surface area contributed by atoms with E-state index in [2.05, 4.69) is 58.3 Å². The van der Waals surface area contributed by atoms with Crippen LogP contribution in [0.5, 0.6) is 0 Å². The van der Waals surface area contributed by atoms with Crippen LogP contribution in [0.4, 0.5) is 0 Å². The van der Waals surface area contributed by atoms with Gasteiger partial charge < -0.3 is 10.3 Å². The molecule has 21 heavy (non-hydrogen) atoms. The zero-order valence-corrected chi connectivity index (χ0v) is 13.7. The van der Waals surface area contributed by atoms with Gasteiger partial charge in [0.1, 0.15) is 5.82 Å². The summed E-state index contributed by atoms with van der Waals surface area (Å²) in [5, 5.41) is 13.0. The van der Waals surface area contributed by atoms with E-state index in [1.54, 1.807) is 23.1 Å². The van der Waals surface area contributed by atoms with Crippen LogP contribution in [-0.4, -0.2) is 14.8 Å². The van der Waals surface area contributed by atoms with Gasteiger partial charge in [-0.2, -0.15) is 0 Å². The summed E-state index contributed by atoms with van der Waals surface area (Å²) in [6.45, 7) is 4.69. The lowest BCUT2D eigenvalue weighted by Crippen LogP contribution is -2.11. The molecule has 0 aliphatic carbocycles. The average Bonchev–Trinajstić information content (AvgIpc) is 3.08. The van der Waals surface area contributed by atoms with E-state index >= 15 is 0 Å². The summed E-state index contributed by atoms with van der Waals surface area (Å²) in [5.41, 5.74) is 7.09. The second-order valence-electron chi connectivity index (χ2n) is 5.11. The van der Waals surface area contributed by atoms with Gasteiger partial charge in [-0.05, 0) is 36.2 Å². The molecule has 0 saturated carbocycles. The normalized spacial score (nSPS) is 11.6. The molecule has 3 aromatic rings. The van der Waals surface area contributed by atoms with Gasteiger partial charge in [0, 0.05) is 16.5 Å². The Morgan fingerprint density at radius 1 is 1.29 bits per heavy atom. The first-order chi connectivity index (χ1) is 10.2. The Balaban J connectivity index is 1.83. The molecule has 110 valence electrons. The molecular weight excluding hydrogens is 300 g/mol. The second kappa shape index (κ2) is 6.17. The summed E-state index contributed by atoms with van der Waals surface area (Å²) >= 11 is 3.52. The molecule has 6 heteroatoms. The van der Waals surface area contributed by atoms with Gasteiger partial charge in [0.15, 0.2) is 5.16 Å². The Morgan fingerprint density at radius 3 is 2.86 bits per heavy atom. The molecule has 0 aliphatic rings. The van der Waals surface area contributed by atoms with Crippen LogP contribution in [0.2, 0.25) is 0 Å². The first-order valence-electron chi connectivity index (χ1n) is 6.92. The maximum atomic E-state index is 5.74. The van der Waals surface area contributed by atoms with Crippen LogP contribution >= 0.6 is 23.1 Å². The van der Waals surface area contributed by atoms with Crippen LogP contribution in [0.15, 0.2) is 34.8 Å². The highest BCUT2D eigenvalue weighted by Crippen LogP contribution is 2.31. The minimum Gasteiger partial charge on any atom is -0.324 e. The standard InChI is InChI=1S/C15H18N4S2/c1-10(2)19-14(7-16)17-18-15(19)21-9-11-8-20-13-6-4-3-5-12(11)13/h3-6,8,10H,7,9,16H2,1-2H3. The van der Waals surface area contributed by atoms with Crippen LogP contribution < -0.4 is 5.73 Å². The maximum Gasteiger partial charge on any atom is 0.191 e. The molecule has 1 aromatic carbocycles. The fraction of sp³-hybridized carbons (Fsp3) is 0.333. The maximum absolute atomic E-state index is 5.74. The van der Waals surface area contributed by atoms with E-state index in [9.17, 15) is 0 Å². The van der Waals surface area contributed by atoms with Gasteiger partial charge >= 0.3 is 0 Å². The Bertz CT molecular complexity index is 745. The third-order valence-corrected chi connectivity index (χ3v) is 5.36. The fourth-order valence-electron chi connectivity index (χ4n) is 2.35. The van der Waals surface area contributed by atoms with E-state index in [4.69, 9.17) is 5.73 Å². The fourth-order valence-corrected chi connectivity index (χ4v) is 4.50. The van der Waals surface area contributed by atoms with E-state index in [-0.39, 0.29) is 0 Å². The largest absolute Gasteiger partial charge is 0.324 e. The molecule has 0 atom stereocenters. The first kappa shape index (κ1) is 14.6. The number of hydrogen-bond acceptors (Lipinski definition) is 5. The van der Waals surface area contributed by atoms with Gasteiger partial charge in [0.05, 0.1) is 6.54 Å². The Hall–Kier alpha value is -1.37. The molecule has 0 radical (unpaired) electrons. The quantitative estimate of drug-likeness (QED) is 0.727. The van der Waals surface area contributed by atoms with Crippen LogP contribution in [0.1, 0.15) is 31.3 Å². The molecule has 3 rings (SSSR count). The number of hydrogen-bond donors (Lipinski definition) is 1. The summed E-state index contributed by atoms with van der Waals surface area (Å²) in [6.07, 6.45) is 0. The molecule has 0 amide bonds. The predicted octanol–water partition coefficient (Wildman–Crippen LogP) is 3.82. The number of benzene rings is 1. The lowest BCUT2D eigenvalue weighted by molar-refractivity contribution is 0.526. The molecule has 2 heterocycles. The van der Waals surface area contributed by atoms with Crippen molar-refractivity contribution < 1.29 is 0 Å². The molecule has 2 aromatic heterocycles. The van der Waals surface area contributed by atoms with Gasteiger partial charge in [-0.1, -0.05) is 30.0 Å². The monoisotopic (exact) mass is 318 g/mol. The smallest absolute Gasteiger partial charge is 0.191 e. The van der Waals surface area contributed by atoms with Crippen molar-refractivity contribution in [1.29, 1.82) is 0 Å². The van der Waals surface area contributed by atoms with Gasteiger partial charge in [-0.15, -0.1) is 21.5 Å². The summed E-state index contributed by atoms with van der Waals surface area (Å²) < 4.78 is 3.46. The number of rotatable bonds is 5. The molecule has 0 spiro atoms. The third-order valence-electron chi connectivity index (χ3n) is 3.35. The van der Waals surface area contributed by atoms with E-state index in [1.807, 2.05) is 0 Å². The van der Waals surface area contributed by atoms with Crippen LogP contribution in [0.3, 0.4) is 0 Å². The third kappa shape index (κ3) is 2.84. The minimum absolute atomic E-state index is 0.320. The van der Waals surface area contributed by atoms with E-state index < -0.39 is 0 Å². The lowest BCUT2D eigenvalue weighted by atomic mass is 10.2. The Morgan fingerprint density at radius 2 is 2.10 bits per heavy atom. The number of aromatic nitrogens is 3. The van der Waals surface area contributed by atoms with Crippen LogP contribution in [0.25, 0.3) is 10.1 Å². The van der Waals surface area contributed by atoms with Crippen molar-refractivity contribution in [3.8, 4) is 0 Å². The molecule has 0 aliphatic heterocycles. The Kier molecular flexibility index (Phi) is 4.28. The molecule has 4 nitrogen and oxygen atoms in total. The molecule has 0 bridgehead atoms. The van der Waals surface area contributed by atoms with Crippen molar-refractivity contribution in [3.05, 3.63) is 41.0 Å². The average molecular weight is 318 g/mol. The van der Waals surface area contributed by atoms with Crippen molar-refractivity contribution >= 4 is 33.2 Å². The predicted molar refractivity (Wildman–Crippen MR) is 89.7 cm³/mol. The molecule has 0 saturated heterocycles. The number of thioether (sulfide) groups is 1. The van der Waals surface area contributed by atoms with Gasteiger partial charge in [0.2, 0.25) is 0 Å². The highest BCUT2D eigenvalue weighted by atomic mass is 32.2. The summed E-state index contributed by atoms with van der Waals surface area (Å²) in [7, 11) is 0. The van der Waals surface area contributed by atoms with Crippen LogP contribution in [0, 0.1) is 0 Å². The molecular formula is C15H18N4S2. The van der Waals surface area contributed by atoms with Crippen molar-refractivity contribution in [2.24, 2.45) is 5.73 Å². The number of fused-ring (bicyclic) bond motifs is 1. The number of nitrogens with two attached hydrogens (primary N) is 1. The van der Waals surface area contributed by atoms with E-state index in [0.29, 0.717) is 12.6 Å². The summed E-state index contributed by atoms with van der Waals surface area (Å²) in [5.74, 6) is 1.75. The van der Waals surface area contributed by atoms with Crippen molar-refractivity contribution in [3.63, 3.8) is 0 Å². The molecule has 0 fully saturated rings.